The van der Waals surface area contributed by atoms with E-state index in [1.807, 2.05) is 13.8 Å². The van der Waals surface area contributed by atoms with E-state index in [4.69, 9.17) is 9.47 Å². The first-order valence-corrected chi connectivity index (χ1v) is 8.15. The van der Waals surface area contributed by atoms with Gasteiger partial charge in [-0.15, -0.1) is 0 Å². The number of nitrogens with zero attached hydrogens (tertiary/aromatic N) is 2. The van der Waals surface area contributed by atoms with Crippen molar-refractivity contribution in [2.75, 3.05) is 59.2 Å². The normalized spacial score (nSPS) is 17.8. The van der Waals surface area contributed by atoms with Crippen molar-refractivity contribution in [3.8, 4) is 0 Å². The van der Waals surface area contributed by atoms with Crippen molar-refractivity contribution in [2.24, 2.45) is 5.92 Å². The summed E-state index contributed by atoms with van der Waals surface area (Å²) in [6.07, 6.45) is 0. The number of hydrogen-bond donors (Lipinski definition) is 0. The minimum absolute atomic E-state index is 0.0513. The summed E-state index contributed by atoms with van der Waals surface area (Å²) in [4.78, 5) is 16.3. The Morgan fingerprint density at radius 1 is 0.952 bits per heavy atom. The summed E-state index contributed by atoms with van der Waals surface area (Å²) in [6.45, 7) is 15.8. The van der Waals surface area contributed by atoms with Crippen molar-refractivity contribution >= 4 is 5.78 Å². The molecule has 1 saturated heterocycles. The Morgan fingerprint density at radius 3 is 2.14 bits per heavy atom. The second kappa shape index (κ2) is 10.3. The zero-order valence-electron chi connectivity index (χ0n) is 14.1. The minimum atomic E-state index is 0.0513. The van der Waals surface area contributed by atoms with Crippen molar-refractivity contribution in [3.05, 3.63) is 0 Å². The van der Waals surface area contributed by atoms with Crippen LogP contribution in [0, 0.1) is 5.92 Å². The monoisotopic (exact) mass is 300 g/mol. The molecule has 1 fully saturated rings. The van der Waals surface area contributed by atoms with Crippen molar-refractivity contribution in [2.45, 2.75) is 33.7 Å². The molecule has 0 amide bonds. The van der Waals surface area contributed by atoms with Crippen LogP contribution < -0.4 is 0 Å². The number of carbonyl (C=O) groups excluding carboxylic acids is 1. The Kier molecular flexibility index (Phi) is 9.08. The van der Waals surface area contributed by atoms with Crippen molar-refractivity contribution in [1.29, 1.82) is 0 Å². The highest BCUT2D eigenvalue weighted by Gasteiger charge is 2.18. The van der Waals surface area contributed by atoms with Crippen LogP contribution in [-0.4, -0.2) is 80.8 Å². The second-order valence-electron chi connectivity index (χ2n) is 6.26. The Bertz CT molecular complexity index is 287. The van der Waals surface area contributed by atoms with Crippen LogP contribution in [-0.2, 0) is 14.3 Å². The first-order chi connectivity index (χ1) is 10.0. The lowest BCUT2D eigenvalue weighted by atomic mass is 10.1. The summed E-state index contributed by atoms with van der Waals surface area (Å²) >= 11 is 0. The predicted octanol–water partition coefficient (Wildman–Crippen LogP) is 1.27. The van der Waals surface area contributed by atoms with Gasteiger partial charge in [-0.05, 0) is 13.8 Å². The highest BCUT2D eigenvalue weighted by atomic mass is 16.5. The summed E-state index contributed by atoms with van der Waals surface area (Å²) in [5.74, 6) is 0.202. The fourth-order valence-electron chi connectivity index (χ4n) is 2.26. The van der Waals surface area contributed by atoms with Gasteiger partial charge in [0.05, 0.1) is 19.8 Å². The molecule has 0 unspecified atom stereocenters. The molecule has 0 radical (unpaired) electrons. The van der Waals surface area contributed by atoms with Gasteiger partial charge in [0.1, 0.15) is 6.61 Å². The Hall–Kier alpha value is -0.490. The van der Waals surface area contributed by atoms with E-state index in [-0.39, 0.29) is 18.3 Å². The van der Waals surface area contributed by atoms with Crippen LogP contribution in [0.25, 0.3) is 0 Å². The van der Waals surface area contributed by atoms with E-state index < -0.39 is 0 Å². The van der Waals surface area contributed by atoms with Gasteiger partial charge in [0, 0.05) is 44.7 Å². The predicted molar refractivity (Wildman–Crippen MR) is 84.6 cm³/mol. The summed E-state index contributed by atoms with van der Waals surface area (Å²) in [7, 11) is 0. The maximum absolute atomic E-state index is 11.3. The fourth-order valence-corrected chi connectivity index (χ4v) is 2.26. The lowest BCUT2D eigenvalue weighted by molar-refractivity contribution is -0.127. The molecular formula is C16H32N2O3. The first kappa shape index (κ1) is 18.6. The van der Waals surface area contributed by atoms with Crippen LogP contribution in [0.3, 0.4) is 0 Å². The van der Waals surface area contributed by atoms with Gasteiger partial charge in [0.15, 0.2) is 5.78 Å². The molecule has 5 nitrogen and oxygen atoms in total. The number of ether oxygens (including phenoxy) is 2. The van der Waals surface area contributed by atoms with Crippen LogP contribution >= 0.6 is 0 Å². The van der Waals surface area contributed by atoms with E-state index in [1.165, 1.54) is 0 Å². The smallest absolute Gasteiger partial charge is 0.160 e. The van der Waals surface area contributed by atoms with Crippen molar-refractivity contribution < 1.29 is 14.3 Å². The number of rotatable bonds is 10. The Labute approximate surface area is 129 Å². The Balaban J connectivity index is 1.92. The molecular weight excluding hydrogens is 268 g/mol. The van der Waals surface area contributed by atoms with Gasteiger partial charge in [-0.3, -0.25) is 14.6 Å². The molecule has 0 aliphatic carbocycles. The van der Waals surface area contributed by atoms with Crippen LogP contribution in [0.5, 0.6) is 0 Å². The first-order valence-electron chi connectivity index (χ1n) is 8.15. The highest BCUT2D eigenvalue weighted by Crippen LogP contribution is 2.05. The maximum Gasteiger partial charge on any atom is 0.160 e. The van der Waals surface area contributed by atoms with E-state index in [9.17, 15) is 4.79 Å². The number of hydrogen-bond acceptors (Lipinski definition) is 5. The molecule has 0 aromatic carbocycles. The Morgan fingerprint density at radius 2 is 1.57 bits per heavy atom. The topological polar surface area (TPSA) is 42.0 Å². The molecule has 0 aromatic rings. The molecule has 1 aliphatic rings. The van der Waals surface area contributed by atoms with E-state index in [0.717, 1.165) is 39.3 Å². The fraction of sp³-hybridized carbons (Fsp3) is 0.938. The third-order valence-electron chi connectivity index (χ3n) is 3.95. The van der Waals surface area contributed by atoms with Crippen LogP contribution in [0.15, 0.2) is 0 Å². The van der Waals surface area contributed by atoms with Gasteiger partial charge in [-0.25, -0.2) is 0 Å². The molecule has 0 spiro atoms. The maximum atomic E-state index is 11.3. The van der Waals surface area contributed by atoms with Crippen LogP contribution in [0.2, 0.25) is 0 Å². The van der Waals surface area contributed by atoms with Crippen LogP contribution in [0.4, 0.5) is 0 Å². The molecule has 21 heavy (non-hydrogen) atoms. The molecule has 0 aromatic heterocycles. The highest BCUT2D eigenvalue weighted by molar-refractivity contribution is 5.81. The van der Waals surface area contributed by atoms with Gasteiger partial charge in [-0.1, -0.05) is 13.8 Å². The van der Waals surface area contributed by atoms with E-state index in [1.54, 1.807) is 0 Å². The number of piperazine rings is 1. The van der Waals surface area contributed by atoms with Crippen molar-refractivity contribution in [1.82, 2.24) is 9.80 Å². The number of carbonyl (C=O) groups is 1. The molecule has 5 heteroatoms. The van der Waals surface area contributed by atoms with Gasteiger partial charge in [0.2, 0.25) is 0 Å². The molecule has 0 saturated carbocycles. The average molecular weight is 300 g/mol. The van der Waals surface area contributed by atoms with E-state index in [0.29, 0.717) is 19.3 Å². The zero-order chi connectivity index (χ0) is 15.7. The molecule has 1 heterocycles. The summed E-state index contributed by atoms with van der Waals surface area (Å²) in [6, 6.07) is 0.647. The molecule has 124 valence electrons. The molecule has 1 rings (SSSR count). The zero-order valence-corrected chi connectivity index (χ0v) is 14.1. The molecule has 0 bridgehead atoms. The SMILES string of the molecule is CC(C)C(=O)COCCOCCN1CCN(C(C)C)CC1. The third-order valence-corrected chi connectivity index (χ3v) is 3.95. The molecule has 1 aliphatic heterocycles. The number of ketones is 1. The van der Waals surface area contributed by atoms with Gasteiger partial charge in [-0.2, -0.15) is 0 Å². The lowest BCUT2D eigenvalue weighted by Gasteiger charge is -2.36. The summed E-state index contributed by atoms with van der Waals surface area (Å²) < 4.78 is 10.9. The van der Waals surface area contributed by atoms with Crippen molar-refractivity contribution in [3.63, 3.8) is 0 Å². The summed E-state index contributed by atoms with van der Waals surface area (Å²) in [5, 5.41) is 0. The quantitative estimate of drug-likeness (QED) is 0.568. The lowest BCUT2D eigenvalue weighted by Crippen LogP contribution is -2.49. The van der Waals surface area contributed by atoms with Gasteiger partial charge < -0.3 is 9.47 Å². The summed E-state index contributed by atoms with van der Waals surface area (Å²) in [5.41, 5.74) is 0. The van der Waals surface area contributed by atoms with Gasteiger partial charge in [0.25, 0.3) is 0 Å². The minimum Gasteiger partial charge on any atom is -0.378 e. The largest absolute Gasteiger partial charge is 0.378 e. The third kappa shape index (κ3) is 7.90. The number of Topliss-reactive ketones (excluding diaryl/α,β-unsaturated/α-hetero) is 1. The molecule has 0 atom stereocenters. The van der Waals surface area contributed by atoms with E-state index in [2.05, 4.69) is 23.6 Å². The standard InChI is InChI=1S/C16H32N2O3/c1-14(2)16(19)13-21-12-11-20-10-9-17-5-7-18(8-6-17)15(3)4/h14-15H,5-13H2,1-4H3. The van der Waals surface area contributed by atoms with E-state index >= 15 is 0 Å². The average Bonchev–Trinajstić information content (AvgIpc) is 2.46. The molecule has 0 N–H and O–H groups in total. The van der Waals surface area contributed by atoms with Gasteiger partial charge >= 0.3 is 0 Å². The van der Waals surface area contributed by atoms with Crippen LogP contribution in [0.1, 0.15) is 27.7 Å². The second-order valence-corrected chi connectivity index (χ2v) is 6.26.